The second kappa shape index (κ2) is 4.55. The van der Waals surface area contributed by atoms with E-state index in [9.17, 15) is 0 Å². The van der Waals surface area contributed by atoms with E-state index in [2.05, 4.69) is 23.6 Å². The molecule has 0 N–H and O–H groups in total. The Morgan fingerprint density at radius 3 is 2.41 bits per heavy atom. The molecule has 2 saturated heterocycles. The summed E-state index contributed by atoms with van der Waals surface area (Å²) in [5, 5.41) is 0. The van der Waals surface area contributed by atoms with Crippen molar-refractivity contribution in [3.05, 3.63) is 0 Å². The van der Waals surface area contributed by atoms with E-state index >= 15 is 0 Å². The highest BCUT2D eigenvalue weighted by atomic mass is 15.3. The van der Waals surface area contributed by atoms with Crippen molar-refractivity contribution in [3.8, 4) is 0 Å². The van der Waals surface area contributed by atoms with Crippen LogP contribution in [0.25, 0.3) is 0 Å². The summed E-state index contributed by atoms with van der Waals surface area (Å²) in [5.41, 5.74) is 0.604. The van der Waals surface area contributed by atoms with E-state index in [0.29, 0.717) is 5.41 Å². The molecule has 0 spiro atoms. The third-order valence-electron chi connectivity index (χ3n) is 5.29. The normalized spacial score (nSPS) is 39.2. The van der Waals surface area contributed by atoms with Gasteiger partial charge in [0.05, 0.1) is 0 Å². The predicted molar refractivity (Wildman–Crippen MR) is 72.2 cm³/mol. The Morgan fingerprint density at radius 2 is 1.65 bits per heavy atom. The van der Waals surface area contributed by atoms with Crippen molar-refractivity contribution in [1.82, 2.24) is 9.80 Å². The Bertz CT molecular complexity index is 274. The smallest absolute Gasteiger partial charge is 0.0223 e. The summed E-state index contributed by atoms with van der Waals surface area (Å²) in [6.07, 6.45) is 8.59. The second-order valence-corrected chi connectivity index (χ2v) is 7.24. The Hall–Kier alpha value is -0.0800. The van der Waals surface area contributed by atoms with Crippen molar-refractivity contribution < 1.29 is 0 Å². The maximum Gasteiger partial charge on any atom is 0.0223 e. The zero-order chi connectivity index (χ0) is 11.9. The van der Waals surface area contributed by atoms with E-state index < -0.39 is 0 Å². The first-order valence-corrected chi connectivity index (χ1v) is 7.62. The maximum absolute atomic E-state index is 2.84. The van der Waals surface area contributed by atoms with Gasteiger partial charge in [-0.05, 0) is 63.6 Å². The maximum atomic E-state index is 2.84. The molecule has 2 heterocycles. The molecule has 3 aliphatic rings. The molecule has 2 unspecified atom stereocenters. The predicted octanol–water partition coefficient (Wildman–Crippen LogP) is 2.74. The fourth-order valence-corrected chi connectivity index (χ4v) is 4.28. The number of hydrogen-bond acceptors (Lipinski definition) is 2. The van der Waals surface area contributed by atoms with Gasteiger partial charge in [-0.2, -0.15) is 0 Å². The Morgan fingerprint density at radius 1 is 0.882 bits per heavy atom. The van der Waals surface area contributed by atoms with Crippen LogP contribution in [0.1, 0.15) is 52.4 Å². The monoisotopic (exact) mass is 236 g/mol. The molecular formula is C15H28N2. The zero-order valence-corrected chi connectivity index (χ0v) is 11.6. The van der Waals surface area contributed by atoms with Crippen molar-refractivity contribution in [2.45, 2.75) is 64.5 Å². The van der Waals surface area contributed by atoms with E-state index in [4.69, 9.17) is 0 Å². The molecule has 0 radical (unpaired) electrons. The first-order valence-electron chi connectivity index (χ1n) is 7.62. The summed E-state index contributed by atoms with van der Waals surface area (Å²) in [4.78, 5) is 5.59. The lowest BCUT2D eigenvalue weighted by atomic mass is 9.91. The minimum atomic E-state index is 0.604. The molecule has 2 aliphatic heterocycles. The Labute approximate surface area is 106 Å². The summed E-state index contributed by atoms with van der Waals surface area (Å²) < 4.78 is 0. The zero-order valence-electron chi connectivity index (χ0n) is 11.6. The first kappa shape index (κ1) is 12.0. The van der Waals surface area contributed by atoms with Gasteiger partial charge < -0.3 is 0 Å². The van der Waals surface area contributed by atoms with Crippen LogP contribution >= 0.6 is 0 Å². The lowest BCUT2D eigenvalue weighted by molar-refractivity contribution is 0.165. The topological polar surface area (TPSA) is 6.48 Å². The van der Waals surface area contributed by atoms with Crippen LogP contribution < -0.4 is 0 Å². The fraction of sp³-hybridized carbons (Fsp3) is 1.00. The minimum absolute atomic E-state index is 0.604. The molecule has 3 rings (SSSR count). The van der Waals surface area contributed by atoms with Crippen LogP contribution in [0, 0.1) is 5.41 Å². The van der Waals surface area contributed by atoms with Gasteiger partial charge in [-0.1, -0.05) is 13.8 Å². The van der Waals surface area contributed by atoms with Gasteiger partial charge in [0.25, 0.3) is 0 Å². The van der Waals surface area contributed by atoms with Gasteiger partial charge in [0.1, 0.15) is 0 Å². The van der Waals surface area contributed by atoms with Crippen LogP contribution in [0.4, 0.5) is 0 Å². The van der Waals surface area contributed by atoms with E-state index in [1.54, 1.807) is 0 Å². The lowest BCUT2D eigenvalue weighted by Crippen LogP contribution is -2.41. The standard InChI is InChI=1S/C15H28N2/c1-15(2)7-6-13(11-15)17-10-4-9-16-8-3-5-14(16)12-17/h13-14H,3-12H2,1-2H3. The van der Waals surface area contributed by atoms with Crippen LogP contribution in [0.15, 0.2) is 0 Å². The van der Waals surface area contributed by atoms with Gasteiger partial charge in [0.15, 0.2) is 0 Å². The second-order valence-electron chi connectivity index (χ2n) is 7.24. The molecular weight excluding hydrogens is 208 g/mol. The van der Waals surface area contributed by atoms with Gasteiger partial charge in [-0.25, -0.2) is 0 Å². The molecule has 0 aromatic rings. The van der Waals surface area contributed by atoms with Crippen molar-refractivity contribution in [3.63, 3.8) is 0 Å². The summed E-state index contributed by atoms with van der Waals surface area (Å²) in [6.45, 7) is 10.3. The van der Waals surface area contributed by atoms with Gasteiger partial charge in [0.2, 0.25) is 0 Å². The first-order chi connectivity index (χ1) is 8.14. The molecule has 98 valence electrons. The number of rotatable bonds is 1. The van der Waals surface area contributed by atoms with Crippen molar-refractivity contribution in [2.75, 3.05) is 26.2 Å². The average molecular weight is 236 g/mol. The summed E-state index contributed by atoms with van der Waals surface area (Å²) in [5.74, 6) is 0. The molecule has 0 bridgehead atoms. The Balaban J connectivity index is 1.63. The van der Waals surface area contributed by atoms with Gasteiger partial charge in [0, 0.05) is 18.6 Å². The SMILES string of the molecule is CC1(C)CCC(N2CCCN3CCCC3C2)C1. The van der Waals surface area contributed by atoms with Gasteiger partial charge in [-0.3, -0.25) is 9.80 Å². The molecule has 0 aromatic carbocycles. The Kier molecular flexibility index (Phi) is 3.20. The highest BCUT2D eigenvalue weighted by Crippen LogP contribution is 2.40. The molecule has 17 heavy (non-hydrogen) atoms. The number of nitrogens with zero attached hydrogens (tertiary/aromatic N) is 2. The fourth-order valence-electron chi connectivity index (χ4n) is 4.28. The van der Waals surface area contributed by atoms with Crippen molar-refractivity contribution >= 4 is 0 Å². The largest absolute Gasteiger partial charge is 0.299 e. The minimum Gasteiger partial charge on any atom is -0.299 e. The molecule has 0 amide bonds. The number of hydrogen-bond donors (Lipinski definition) is 0. The van der Waals surface area contributed by atoms with Crippen molar-refractivity contribution in [2.24, 2.45) is 5.41 Å². The van der Waals surface area contributed by atoms with Crippen LogP contribution in [0.2, 0.25) is 0 Å². The van der Waals surface area contributed by atoms with E-state index in [0.717, 1.165) is 12.1 Å². The molecule has 1 aliphatic carbocycles. The molecule has 3 fully saturated rings. The third kappa shape index (κ3) is 2.53. The molecule has 2 heteroatoms. The summed E-state index contributed by atoms with van der Waals surface area (Å²) in [6, 6.07) is 1.78. The number of fused-ring (bicyclic) bond motifs is 1. The summed E-state index contributed by atoms with van der Waals surface area (Å²) >= 11 is 0. The molecule has 0 aromatic heterocycles. The van der Waals surface area contributed by atoms with Crippen molar-refractivity contribution in [1.29, 1.82) is 0 Å². The van der Waals surface area contributed by atoms with E-state index in [1.807, 2.05) is 0 Å². The van der Waals surface area contributed by atoms with Crippen LogP contribution in [-0.4, -0.2) is 48.1 Å². The molecule has 2 atom stereocenters. The van der Waals surface area contributed by atoms with Crippen LogP contribution in [-0.2, 0) is 0 Å². The molecule has 1 saturated carbocycles. The molecule has 2 nitrogen and oxygen atoms in total. The highest BCUT2D eigenvalue weighted by Gasteiger charge is 2.37. The quantitative estimate of drug-likeness (QED) is 0.691. The van der Waals surface area contributed by atoms with Gasteiger partial charge >= 0.3 is 0 Å². The van der Waals surface area contributed by atoms with Crippen LogP contribution in [0.3, 0.4) is 0 Å². The summed E-state index contributed by atoms with van der Waals surface area (Å²) in [7, 11) is 0. The lowest BCUT2D eigenvalue weighted by Gasteiger charge is -2.31. The average Bonchev–Trinajstić information content (AvgIpc) is 2.80. The van der Waals surface area contributed by atoms with Gasteiger partial charge in [-0.15, -0.1) is 0 Å². The third-order valence-corrected chi connectivity index (χ3v) is 5.29. The highest BCUT2D eigenvalue weighted by molar-refractivity contribution is 4.92. The van der Waals surface area contributed by atoms with E-state index in [1.165, 1.54) is 64.7 Å². The van der Waals surface area contributed by atoms with E-state index in [-0.39, 0.29) is 0 Å². The van der Waals surface area contributed by atoms with Crippen LogP contribution in [0.5, 0.6) is 0 Å².